The summed E-state index contributed by atoms with van der Waals surface area (Å²) < 4.78 is 21.4. The van der Waals surface area contributed by atoms with Gasteiger partial charge in [-0.15, -0.1) is 10.2 Å². The lowest BCUT2D eigenvalue weighted by molar-refractivity contribution is 0.0948. The molecule has 0 aliphatic rings. The van der Waals surface area contributed by atoms with Gasteiger partial charge in [-0.2, -0.15) is 0 Å². The van der Waals surface area contributed by atoms with E-state index in [0.717, 1.165) is 23.1 Å². The largest absolute Gasteiger partial charge is 0.471 e. The Morgan fingerprint density at radius 1 is 1.02 bits per heavy atom. The zero-order valence-electron chi connectivity index (χ0n) is 23.0. The number of hydrogen-bond donors (Lipinski definition) is 1. The number of rotatable bonds is 12. The number of pyridine rings is 1. The van der Waals surface area contributed by atoms with Crippen LogP contribution in [0.5, 0.6) is 0 Å². The minimum Gasteiger partial charge on any atom is -0.471 e. The minimum absolute atomic E-state index is 0.177. The van der Waals surface area contributed by atoms with E-state index in [2.05, 4.69) is 30.6 Å². The molecule has 11 nitrogen and oxygen atoms in total. The average molecular weight is 545 g/mol. The molecule has 1 amide bonds. The molecule has 208 valence electrons. The second kappa shape index (κ2) is 14.1. The Morgan fingerprint density at radius 3 is 2.60 bits per heavy atom. The predicted octanol–water partition coefficient (Wildman–Crippen LogP) is 4.01. The highest BCUT2D eigenvalue weighted by Crippen LogP contribution is 2.27. The molecule has 0 saturated carbocycles. The molecule has 0 aliphatic carbocycles. The molecule has 0 unspecified atom stereocenters. The van der Waals surface area contributed by atoms with Gasteiger partial charge in [0.15, 0.2) is 5.76 Å². The summed E-state index contributed by atoms with van der Waals surface area (Å²) in [7, 11) is 4.89. The molecule has 0 radical (unpaired) electrons. The molecule has 0 saturated heterocycles. The van der Waals surface area contributed by atoms with Gasteiger partial charge in [0.2, 0.25) is 5.90 Å². The van der Waals surface area contributed by atoms with Crippen LogP contribution in [0, 0.1) is 6.92 Å². The second-order valence-corrected chi connectivity index (χ2v) is 8.88. The van der Waals surface area contributed by atoms with Gasteiger partial charge in [0.05, 0.1) is 17.0 Å². The monoisotopic (exact) mass is 544 g/mol. The molecule has 40 heavy (non-hydrogen) atoms. The Balaban J connectivity index is 1.46. The van der Waals surface area contributed by atoms with Crippen molar-refractivity contribution in [3.05, 3.63) is 82.9 Å². The zero-order chi connectivity index (χ0) is 28.3. The lowest BCUT2D eigenvalue weighted by Gasteiger charge is -2.13. The third-order valence-electron chi connectivity index (χ3n) is 5.96. The lowest BCUT2D eigenvalue weighted by atomic mass is 10.0. The highest BCUT2D eigenvalue weighted by Gasteiger charge is 2.17. The second-order valence-electron chi connectivity index (χ2n) is 8.88. The van der Waals surface area contributed by atoms with Crippen molar-refractivity contribution in [2.75, 3.05) is 34.4 Å². The van der Waals surface area contributed by atoms with E-state index in [-0.39, 0.29) is 12.5 Å². The zero-order valence-corrected chi connectivity index (χ0v) is 23.0. The van der Waals surface area contributed by atoms with Crippen LogP contribution in [0.1, 0.15) is 39.4 Å². The van der Waals surface area contributed by atoms with Crippen LogP contribution in [-0.2, 0) is 27.4 Å². The normalized spacial score (nSPS) is 11.4. The van der Waals surface area contributed by atoms with Gasteiger partial charge in [0.1, 0.15) is 24.6 Å². The molecule has 0 fully saturated rings. The fourth-order valence-corrected chi connectivity index (χ4v) is 3.97. The Hall–Kier alpha value is -4.48. The Morgan fingerprint density at radius 2 is 1.88 bits per heavy atom. The fraction of sp³-hybridized carbons (Fsp3) is 0.310. The molecule has 4 rings (SSSR count). The van der Waals surface area contributed by atoms with Crippen molar-refractivity contribution in [3.63, 3.8) is 0 Å². The Bertz CT molecular complexity index is 1450. The molecule has 3 heterocycles. The van der Waals surface area contributed by atoms with Gasteiger partial charge >= 0.3 is 0 Å². The molecule has 0 spiro atoms. The summed E-state index contributed by atoms with van der Waals surface area (Å²) in [6.07, 6.45) is 2.28. The van der Waals surface area contributed by atoms with Gasteiger partial charge in [-0.05, 0) is 43.2 Å². The van der Waals surface area contributed by atoms with Crippen molar-refractivity contribution in [1.82, 2.24) is 25.7 Å². The van der Waals surface area contributed by atoms with Gasteiger partial charge in [-0.1, -0.05) is 23.4 Å². The topological polar surface area (TPSA) is 134 Å². The van der Waals surface area contributed by atoms with Crippen LogP contribution in [0.25, 0.3) is 22.6 Å². The molecule has 0 aliphatic heterocycles. The van der Waals surface area contributed by atoms with E-state index >= 15 is 0 Å². The molecule has 1 N–H and O–H groups in total. The van der Waals surface area contributed by atoms with E-state index in [1.54, 1.807) is 39.5 Å². The maximum Gasteiger partial charge on any atom is 0.252 e. The van der Waals surface area contributed by atoms with Crippen LogP contribution in [0.3, 0.4) is 0 Å². The number of aromatic nitrogens is 4. The van der Waals surface area contributed by atoms with Crippen LogP contribution >= 0.6 is 0 Å². The number of hydrogen-bond acceptors (Lipinski definition) is 10. The number of aliphatic imine (C=N–C) groups is 1. The first-order chi connectivity index (χ1) is 19.5. The molecule has 1 aromatic carbocycles. The molecule has 11 heteroatoms. The van der Waals surface area contributed by atoms with Crippen molar-refractivity contribution in [1.29, 1.82) is 0 Å². The van der Waals surface area contributed by atoms with E-state index in [1.807, 2.05) is 37.3 Å². The number of nitrogens with zero attached hydrogens (tertiary/aromatic N) is 5. The lowest BCUT2D eigenvalue weighted by Crippen LogP contribution is -2.25. The van der Waals surface area contributed by atoms with Gasteiger partial charge in [0.25, 0.3) is 5.91 Å². The molecule has 0 bridgehead atoms. The van der Waals surface area contributed by atoms with Crippen molar-refractivity contribution in [2.45, 2.75) is 26.6 Å². The van der Waals surface area contributed by atoms with Gasteiger partial charge < -0.3 is 24.1 Å². The number of aryl methyl sites for hydroxylation is 1. The van der Waals surface area contributed by atoms with Crippen molar-refractivity contribution < 1.29 is 23.5 Å². The van der Waals surface area contributed by atoms with Crippen LogP contribution in [0.2, 0.25) is 0 Å². The molecule has 3 aromatic heterocycles. The first kappa shape index (κ1) is 28.5. The molecule has 0 atom stereocenters. The van der Waals surface area contributed by atoms with Crippen LogP contribution in [0.4, 0.5) is 0 Å². The minimum atomic E-state index is -0.179. The summed E-state index contributed by atoms with van der Waals surface area (Å²) >= 11 is 0. The fourth-order valence-electron chi connectivity index (χ4n) is 3.97. The summed E-state index contributed by atoms with van der Waals surface area (Å²) in [5.74, 6) is 0.864. The molecule has 4 aromatic rings. The SMILES string of the molecule is C/N=C(/OCc1ccc(C(=O)NCCCOC)cn1)c1ccccc1-c1cc(C)c(-c2cc(COC)on2)nn1. The summed E-state index contributed by atoms with van der Waals surface area (Å²) in [6, 6.07) is 14.9. The quantitative estimate of drug-likeness (QED) is 0.159. The highest BCUT2D eigenvalue weighted by molar-refractivity contribution is 6.00. The van der Waals surface area contributed by atoms with Crippen molar-refractivity contribution in [2.24, 2.45) is 4.99 Å². The summed E-state index contributed by atoms with van der Waals surface area (Å²) in [5, 5.41) is 15.8. The third-order valence-corrected chi connectivity index (χ3v) is 5.96. The van der Waals surface area contributed by atoms with Crippen LogP contribution in [-0.4, -0.2) is 66.6 Å². The standard InChI is InChI=1S/C29H32N6O5/c1-19-14-25(33-34-27(19)26-15-22(18-38-4)40-35-26)23-8-5-6-9-24(23)29(30-2)39-17-21-11-10-20(16-32-21)28(36)31-12-7-13-37-3/h5-6,8-11,14-16H,7,12-13,17-18H2,1-4H3,(H,31,36)/b30-29+. The number of amides is 1. The molecular formula is C29H32N6O5. The molecular weight excluding hydrogens is 512 g/mol. The van der Waals surface area contributed by atoms with Gasteiger partial charge in [0, 0.05) is 57.8 Å². The van der Waals surface area contributed by atoms with E-state index in [0.29, 0.717) is 59.8 Å². The number of carbonyl (C=O) groups is 1. The highest BCUT2D eigenvalue weighted by atomic mass is 16.5. The van der Waals surface area contributed by atoms with Gasteiger partial charge in [-0.3, -0.25) is 14.8 Å². The van der Waals surface area contributed by atoms with Crippen molar-refractivity contribution >= 4 is 11.8 Å². The first-order valence-corrected chi connectivity index (χ1v) is 12.7. The van der Waals surface area contributed by atoms with Crippen LogP contribution < -0.4 is 5.32 Å². The van der Waals surface area contributed by atoms with Crippen molar-refractivity contribution in [3.8, 4) is 22.6 Å². The number of ether oxygens (including phenoxy) is 3. The number of methoxy groups -OCH3 is 2. The summed E-state index contributed by atoms with van der Waals surface area (Å²) in [6.45, 7) is 3.58. The first-order valence-electron chi connectivity index (χ1n) is 12.7. The maximum absolute atomic E-state index is 12.3. The van der Waals surface area contributed by atoms with Crippen LogP contribution in [0.15, 0.2) is 64.2 Å². The smallest absolute Gasteiger partial charge is 0.252 e. The summed E-state index contributed by atoms with van der Waals surface area (Å²) in [5.41, 5.74) is 5.51. The number of benzene rings is 1. The summed E-state index contributed by atoms with van der Waals surface area (Å²) in [4.78, 5) is 21.0. The van der Waals surface area contributed by atoms with E-state index in [4.69, 9.17) is 18.7 Å². The Kier molecular flexibility index (Phi) is 10.0. The third kappa shape index (κ3) is 7.13. The maximum atomic E-state index is 12.3. The predicted molar refractivity (Wildman–Crippen MR) is 149 cm³/mol. The average Bonchev–Trinajstić information content (AvgIpc) is 3.44. The Labute approximate surface area is 232 Å². The van der Waals surface area contributed by atoms with E-state index in [9.17, 15) is 4.79 Å². The van der Waals surface area contributed by atoms with E-state index < -0.39 is 0 Å². The number of carbonyl (C=O) groups excluding carboxylic acids is 1. The van der Waals surface area contributed by atoms with E-state index in [1.165, 1.54) is 6.20 Å². The van der Waals surface area contributed by atoms with Gasteiger partial charge in [-0.25, -0.2) is 0 Å². The number of nitrogens with one attached hydrogen (secondary N) is 1.